The monoisotopic (exact) mass is 179 g/mol. The molecule has 0 aliphatic heterocycles. The first kappa shape index (κ1) is 8.75. The Morgan fingerprint density at radius 1 is 1.62 bits per heavy atom. The van der Waals surface area contributed by atoms with E-state index in [4.69, 9.17) is 0 Å². The second kappa shape index (κ2) is 3.14. The molecule has 1 aliphatic carbocycles. The maximum absolute atomic E-state index is 4.18. The molecule has 0 saturated heterocycles. The highest BCUT2D eigenvalue weighted by atomic mass is 15.2. The predicted molar refractivity (Wildman–Crippen MR) is 52.6 cm³/mol. The zero-order valence-electron chi connectivity index (χ0n) is 8.49. The number of nitrogens with one attached hydrogen (secondary N) is 1. The molecule has 0 spiro atoms. The van der Waals surface area contributed by atoms with Crippen molar-refractivity contribution in [3.05, 3.63) is 18.0 Å². The zero-order chi connectivity index (χ0) is 9.42. The summed E-state index contributed by atoms with van der Waals surface area (Å²) >= 11 is 0. The summed E-state index contributed by atoms with van der Waals surface area (Å²) in [4.78, 5) is 0. The van der Waals surface area contributed by atoms with Crippen LogP contribution in [0.4, 0.5) is 0 Å². The molecule has 1 aromatic rings. The minimum atomic E-state index is 0.590. The molecule has 0 amide bonds. The quantitative estimate of drug-likeness (QED) is 0.757. The maximum Gasteiger partial charge on any atom is 0.0525 e. The van der Waals surface area contributed by atoms with Crippen molar-refractivity contribution in [2.24, 2.45) is 7.05 Å². The molecule has 0 aromatic carbocycles. The lowest BCUT2D eigenvalue weighted by atomic mass is 10.2. The highest BCUT2D eigenvalue weighted by molar-refractivity contribution is 5.23. The fourth-order valence-corrected chi connectivity index (χ4v) is 1.81. The van der Waals surface area contributed by atoms with Crippen molar-refractivity contribution in [3.8, 4) is 0 Å². The molecule has 2 unspecified atom stereocenters. The number of hydrogen-bond donors (Lipinski definition) is 1. The van der Waals surface area contributed by atoms with Crippen LogP contribution in [-0.2, 0) is 7.05 Å². The Morgan fingerprint density at radius 3 is 2.92 bits per heavy atom. The highest BCUT2D eigenvalue weighted by Gasteiger charge is 2.38. The van der Waals surface area contributed by atoms with Crippen LogP contribution >= 0.6 is 0 Å². The Labute approximate surface area is 79.1 Å². The SMILES string of the molecule is CC(C)NC1CC1c1cnn(C)c1. The van der Waals surface area contributed by atoms with Crippen LogP contribution in [0.2, 0.25) is 0 Å². The van der Waals surface area contributed by atoms with Gasteiger partial charge in [-0.1, -0.05) is 13.8 Å². The summed E-state index contributed by atoms with van der Waals surface area (Å²) < 4.78 is 1.88. The predicted octanol–water partition coefficient (Wildman–Crippen LogP) is 1.27. The number of aryl methyl sites for hydroxylation is 1. The van der Waals surface area contributed by atoms with E-state index < -0.39 is 0 Å². The minimum absolute atomic E-state index is 0.590. The van der Waals surface area contributed by atoms with Gasteiger partial charge in [-0.25, -0.2) is 0 Å². The van der Waals surface area contributed by atoms with Crippen molar-refractivity contribution >= 4 is 0 Å². The molecular weight excluding hydrogens is 162 g/mol. The van der Waals surface area contributed by atoms with Gasteiger partial charge in [-0.05, 0) is 12.0 Å². The van der Waals surface area contributed by atoms with Crippen molar-refractivity contribution < 1.29 is 0 Å². The van der Waals surface area contributed by atoms with Crippen molar-refractivity contribution in [3.63, 3.8) is 0 Å². The molecule has 2 atom stereocenters. The summed E-state index contributed by atoms with van der Waals surface area (Å²) in [5, 5.41) is 7.72. The molecule has 1 aliphatic rings. The van der Waals surface area contributed by atoms with E-state index in [0.717, 1.165) is 0 Å². The highest BCUT2D eigenvalue weighted by Crippen LogP contribution is 2.40. The van der Waals surface area contributed by atoms with Crippen LogP contribution in [0.25, 0.3) is 0 Å². The first-order valence-corrected chi connectivity index (χ1v) is 4.91. The lowest BCUT2D eigenvalue weighted by Crippen LogP contribution is -2.25. The Kier molecular flexibility index (Phi) is 2.12. The van der Waals surface area contributed by atoms with Crippen LogP contribution in [0, 0.1) is 0 Å². The first-order chi connectivity index (χ1) is 6.16. The Hall–Kier alpha value is -0.830. The minimum Gasteiger partial charge on any atom is -0.311 e. The molecule has 3 heteroatoms. The summed E-state index contributed by atoms with van der Waals surface area (Å²) in [6.07, 6.45) is 5.36. The average Bonchev–Trinajstić information content (AvgIpc) is 2.63. The van der Waals surface area contributed by atoms with Crippen LogP contribution in [-0.4, -0.2) is 21.9 Å². The summed E-state index contributed by atoms with van der Waals surface area (Å²) in [6, 6.07) is 1.27. The Morgan fingerprint density at radius 2 is 2.38 bits per heavy atom. The van der Waals surface area contributed by atoms with Gasteiger partial charge in [0.1, 0.15) is 0 Å². The van der Waals surface area contributed by atoms with E-state index in [9.17, 15) is 0 Å². The van der Waals surface area contributed by atoms with E-state index >= 15 is 0 Å². The molecule has 72 valence electrons. The molecule has 1 fully saturated rings. The number of nitrogens with zero attached hydrogens (tertiary/aromatic N) is 2. The maximum atomic E-state index is 4.18. The van der Waals surface area contributed by atoms with E-state index in [2.05, 4.69) is 30.5 Å². The lowest BCUT2D eigenvalue weighted by molar-refractivity contribution is 0.576. The van der Waals surface area contributed by atoms with Gasteiger partial charge >= 0.3 is 0 Å². The van der Waals surface area contributed by atoms with Gasteiger partial charge in [0.05, 0.1) is 6.20 Å². The molecule has 2 rings (SSSR count). The number of hydrogen-bond acceptors (Lipinski definition) is 2. The Balaban J connectivity index is 1.92. The summed E-state index contributed by atoms with van der Waals surface area (Å²) in [6.45, 7) is 4.39. The average molecular weight is 179 g/mol. The molecule has 13 heavy (non-hydrogen) atoms. The Bertz CT molecular complexity index is 290. The summed E-state index contributed by atoms with van der Waals surface area (Å²) in [5.74, 6) is 0.705. The molecule has 1 N–H and O–H groups in total. The van der Waals surface area contributed by atoms with Crippen LogP contribution in [0.5, 0.6) is 0 Å². The fourth-order valence-electron chi connectivity index (χ4n) is 1.81. The van der Waals surface area contributed by atoms with E-state index in [0.29, 0.717) is 18.0 Å². The van der Waals surface area contributed by atoms with Crippen LogP contribution in [0.15, 0.2) is 12.4 Å². The number of rotatable bonds is 3. The summed E-state index contributed by atoms with van der Waals surface area (Å²) in [7, 11) is 1.97. The largest absolute Gasteiger partial charge is 0.311 e. The molecule has 0 radical (unpaired) electrons. The second-order valence-corrected chi connectivity index (χ2v) is 4.22. The van der Waals surface area contributed by atoms with Crippen molar-refractivity contribution in [1.29, 1.82) is 0 Å². The van der Waals surface area contributed by atoms with Gasteiger partial charge in [-0.3, -0.25) is 4.68 Å². The fraction of sp³-hybridized carbons (Fsp3) is 0.700. The van der Waals surface area contributed by atoms with Crippen LogP contribution in [0.1, 0.15) is 31.7 Å². The normalized spacial score (nSPS) is 26.8. The van der Waals surface area contributed by atoms with Gasteiger partial charge < -0.3 is 5.32 Å². The molecule has 0 bridgehead atoms. The molecule has 1 saturated carbocycles. The topological polar surface area (TPSA) is 29.9 Å². The molecule has 1 heterocycles. The molecular formula is C10H17N3. The second-order valence-electron chi connectivity index (χ2n) is 4.22. The van der Waals surface area contributed by atoms with Crippen molar-refractivity contribution in [2.45, 2.75) is 38.3 Å². The lowest BCUT2D eigenvalue weighted by Gasteiger charge is -2.05. The van der Waals surface area contributed by atoms with E-state index in [1.807, 2.05) is 17.9 Å². The third-order valence-electron chi connectivity index (χ3n) is 2.49. The van der Waals surface area contributed by atoms with E-state index in [1.54, 1.807) is 0 Å². The molecule has 3 nitrogen and oxygen atoms in total. The smallest absolute Gasteiger partial charge is 0.0525 e. The van der Waals surface area contributed by atoms with Gasteiger partial charge in [0.2, 0.25) is 0 Å². The van der Waals surface area contributed by atoms with Gasteiger partial charge in [0, 0.05) is 31.2 Å². The van der Waals surface area contributed by atoms with E-state index in [-0.39, 0.29) is 0 Å². The number of aromatic nitrogens is 2. The zero-order valence-corrected chi connectivity index (χ0v) is 8.49. The van der Waals surface area contributed by atoms with Gasteiger partial charge in [-0.2, -0.15) is 5.10 Å². The van der Waals surface area contributed by atoms with Gasteiger partial charge in [0.15, 0.2) is 0 Å². The van der Waals surface area contributed by atoms with Crippen molar-refractivity contribution in [1.82, 2.24) is 15.1 Å². The van der Waals surface area contributed by atoms with Crippen LogP contribution < -0.4 is 5.32 Å². The van der Waals surface area contributed by atoms with E-state index in [1.165, 1.54) is 12.0 Å². The van der Waals surface area contributed by atoms with Crippen molar-refractivity contribution in [2.75, 3.05) is 0 Å². The third kappa shape index (κ3) is 1.91. The standard InChI is InChI=1S/C10H17N3/c1-7(2)12-10-4-9(10)8-5-11-13(3)6-8/h5-7,9-10,12H,4H2,1-3H3. The third-order valence-corrected chi connectivity index (χ3v) is 2.49. The van der Waals surface area contributed by atoms with Crippen LogP contribution in [0.3, 0.4) is 0 Å². The first-order valence-electron chi connectivity index (χ1n) is 4.91. The van der Waals surface area contributed by atoms with Gasteiger partial charge in [-0.15, -0.1) is 0 Å². The summed E-state index contributed by atoms with van der Waals surface area (Å²) in [5.41, 5.74) is 1.38. The molecule has 1 aromatic heterocycles. The van der Waals surface area contributed by atoms with Gasteiger partial charge in [0.25, 0.3) is 0 Å².